The standard InChI is InChI=1S/C18H20N6O2S/c1-2-12-11-27-17(22-12)13(10-19)14-6-8-21-18(23-14)20-7-3-9-24-15(25)4-5-16(24)26/h6,8,11,22H,2-5,7,9H2,1H3,(H,20,21,23). The van der Waals surface area contributed by atoms with E-state index in [2.05, 4.69) is 26.7 Å². The molecular formula is C18H20N6O2S. The lowest BCUT2D eigenvalue weighted by molar-refractivity contribution is -0.138. The lowest BCUT2D eigenvalue weighted by atomic mass is 10.2. The van der Waals surface area contributed by atoms with E-state index in [0.717, 1.165) is 17.1 Å². The Balaban J connectivity index is 1.59. The Morgan fingerprint density at radius 3 is 2.85 bits per heavy atom. The third-order valence-electron chi connectivity index (χ3n) is 4.22. The first-order chi connectivity index (χ1) is 13.1. The van der Waals surface area contributed by atoms with Gasteiger partial charge in [0.2, 0.25) is 17.8 Å². The second-order valence-corrected chi connectivity index (χ2v) is 6.92. The number of nitriles is 1. The number of imide groups is 1. The van der Waals surface area contributed by atoms with E-state index in [1.807, 2.05) is 12.3 Å². The number of rotatable bonds is 7. The maximum absolute atomic E-state index is 11.6. The Morgan fingerprint density at radius 2 is 2.19 bits per heavy atom. The van der Waals surface area contributed by atoms with E-state index >= 15 is 0 Å². The number of nitrogens with zero attached hydrogens (tertiary/aromatic N) is 4. The maximum atomic E-state index is 11.6. The van der Waals surface area contributed by atoms with Crippen molar-refractivity contribution in [1.29, 1.82) is 5.26 Å². The highest BCUT2D eigenvalue weighted by Gasteiger charge is 2.27. The van der Waals surface area contributed by atoms with Gasteiger partial charge in [-0.25, -0.2) is 9.97 Å². The van der Waals surface area contributed by atoms with Crippen molar-refractivity contribution >= 4 is 35.1 Å². The molecule has 0 radical (unpaired) electrons. The molecule has 0 aromatic carbocycles. The zero-order valence-electron chi connectivity index (χ0n) is 15.0. The smallest absolute Gasteiger partial charge is 0.229 e. The lowest BCUT2D eigenvalue weighted by Crippen LogP contribution is -2.31. The molecule has 3 rings (SSSR count). The van der Waals surface area contributed by atoms with Crippen molar-refractivity contribution in [1.82, 2.24) is 20.2 Å². The summed E-state index contributed by atoms with van der Waals surface area (Å²) in [6.07, 6.45) is 3.70. The van der Waals surface area contributed by atoms with Crippen molar-refractivity contribution in [3.05, 3.63) is 34.1 Å². The summed E-state index contributed by atoms with van der Waals surface area (Å²) in [6.45, 7) is 2.96. The number of hydrogen-bond donors (Lipinski definition) is 2. The molecule has 1 fully saturated rings. The van der Waals surface area contributed by atoms with Crippen LogP contribution in [-0.2, 0) is 9.59 Å². The summed E-state index contributed by atoms with van der Waals surface area (Å²) in [6, 6.07) is 3.91. The molecule has 0 bridgehead atoms. The molecule has 1 aromatic rings. The van der Waals surface area contributed by atoms with Crippen molar-refractivity contribution in [2.24, 2.45) is 0 Å². The van der Waals surface area contributed by atoms with E-state index in [1.54, 1.807) is 12.3 Å². The number of amides is 2. The summed E-state index contributed by atoms with van der Waals surface area (Å²) in [4.78, 5) is 33.1. The zero-order chi connectivity index (χ0) is 19.2. The van der Waals surface area contributed by atoms with Crippen molar-refractivity contribution in [2.45, 2.75) is 32.6 Å². The zero-order valence-corrected chi connectivity index (χ0v) is 15.8. The number of likely N-dealkylation sites (tertiary alicyclic amines) is 1. The first-order valence-electron chi connectivity index (χ1n) is 8.80. The SMILES string of the molecule is CCC1=CSC(=C(C#N)c2ccnc(NCCCN3C(=O)CCC3=O)n2)N1. The van der Waals surface area contributed by atoms with Gasteiger partial charge >= 0.3 is 0 Å². The van der Waals surface area contributed by atoms with Crippen LogP contribution >= 0.6 is 11.8 Å². The maximum Gasteiger partial charge on any atom is 0.229 e. The molecule has 1 aromatic heterocycles. The van der Waals surface area contributed by atoms with Crippen molar-refractivity contribution in [2.75, 3.05) is 18.4 Å². The minimum Gasteiger partial charge on any atom is -0.354 e. The first kappa shape index (κ1) is 18.9. The highest BCUT2D eigenvalue weighted by atomic mass is 32.2. The number of thioether (sulfide) groups is 1. The molecule has 0 saturated carbocycles. The molecule has 9 heteroatoms. The molecule has 140 valence electrons. The van der Waals surface area contributed by atoms with E-state index in [0.29, 0.717) is 49.6 Å². The predicted octanol–water partition coefficient (Wildman–Crippen LogP) is 2.21. The Kier molecular flexibility index (Phi) is 6.08. The Morgan fingerprint density at radius 1 is 1.41 bits per heavy atom. The topological polar surface area (TPSA) is 111 Å². The molecule has 2 aliphatic rings. The number of aromatic nitrogens is 2. The van der Waals surface area contributed by atoms with Crippen molar-refractivity contribution in [3.8, 4) is 6.07 Å². The number of carbonyl (C=O) groups is 2. The number of nitrogens with one attached hydrogen (secondary N) is 2. The highest BCUT2D eigenvalue weighted by molar-refractivity contribution is 8.06. The molecular weight excluding hydrogens is 364 g/mol. The number of anilines is 1. The molecule has 1 saturated heterocycles. The summed E-state index contributed by atoms with van der Waals surface area (Å²) < 4.78 is 0. The minimum absolute atomic E-state index is 0.106. The average molecular weight is 384 g/mol. The van der Waals surface area contributed by atoms with E-state index in [1.165, 1.54) is 16.7 Å². The summed E-state index contributed by atoms with van der Waals surface area (Å²) in [5, 5.41) is 18.6. The predicted molar refractivity (Wildman–Crippen MR) is 103 cm³/mol. The molecule has 0 atom stereocenters. The average Bonchev–Trinajstić information content (AvgIpc) is 3.27. The third-order valence-corrected chi connectivity index (χ3v) is 5.17. The fourth-order valence-electron chi connectivity index (χ4n) is 2.75. The van der Waals surface area contributed by atoms with E-state index in [4.69, 9.17) is 0 Å². The van der Waals surface area contributed by atoms with Crippen LogP contribution in [0.25, 0.3) is 5.57 Å². The normalized spacial score (nSPS) is 18.2. The van der Waals surface area contributed by atoms with Crippen molar-refractivity contribution < 1.29 is 9.59 Å². The summed E-state index contributed by atoms with van der Waals surface area (Å²) in [5.74, 6) is 0.196. The lowest BCUT2D eigenvalue weighted by Gasteiger charge is -2.13. The van der Waals surface area contributed by atoms with Crippen LogP contribution in [0.1, 0.15) is 38.3 Å². The molecule has 2 aliphatic heterocycles. The number of hydrogen-bond acceptors (Lipinski definition) is 8. The van der Waals surface area contributed by atoms with Gasteiger partial charge in [-0.3, -0.25) is 14.5 Å². The molecule has 0 spiro atoms. The second kappa shape index (κ2) is 8.68. The van der Waals surface area contributed by atoms with Gasteiger partial charge in [0.25, 0.3) is 0 Å². The molecule has 0 unspecified atom stereocenters. The van der Waals surface area contributed by atoms with Gasteiger partial charge in [-0.1, -0.05) is 18.7 Å². The highest BCUT2D eigenvalue weighted by Crippen LogP contribution is 2.31. The second-order valence-electron chi connectivity index (χ2n) is 6.04. The number of allylic oxidation sites excluding steroid dienone is 2. The van der Waals surface area contributed by atoms with Crippen LogP contribution in [0.3, 0.4) is 0 Å². The Bertz CT molecular complexity index is 842. The van der Waals surface area contributed by atoms with E-state index in [9.17, 15) is 14.9 Å². The van der Waals surface area contributed by atoms with E-state index in [-0.39, 0.29) is 11.8 Å². The number of carbonyl (C=O) groups excluding carboxylic acids is 2. The molecule has 27 heavy (non-hydrogen) atoms. The van der Waals surface area contributed by atoms with Gasteiger partial charge in [-0.15, -0.1) is 0 Å². The largest absolute Gasteiger partial charge is 0.354 e. The van der Waals surface area contributed by atoms with Crippen LogP contribution in [0.4, 0.5) is 5.95 Å². The monoisotopic (exact) mass is 384 g/mol. The molecule has 8 nitrogen and oxygen atoms in total. The van der Waals surface area contributed by atoms with Crippen molar-refractivity contribution in [3.63, 3.8) is 0 Å². The van der Waals surface area contributed by atoms with Gasteiger partial charge in [0.1, 0.15) is 11.6 Å². The minimum atomic E-state index is -0.106. The van der Waals surface area contributed by atoms with Crippen LogP contribution in [0.2, 0.25) is 0 Å². The molecule has 3 heterocycles. The fraction of sp³-hybridized carbons (Fsp3) is 0.389. The third kappa shape index (κ3) is 4.46. The fourth-order valence-corrected chi connectivity index (χ4v) is 3.69. The van der Waals surface area contributed by atoms with Gasteiger partial charge in [0, 0.05) is 37.8 Å². The summed E-state index contributed by atoms with van der Waals surface area (Å²) in [5.41, 5.74) is 2.08. The van der Waals surface area contributed by atoms with Crippen LogP contribution in [-0.4, -0.2) is 39.8 Å². The van der Waals surface area contributed by atoms with Crippen LogP contribution in [0.15, 0.2) is 28.4 Å². The van der Waals surface area contributed by atoms with Crippen LogP contribution in [0.5, 0.6) is 0 Å². The summed E-state index contributed by atoms with van der Waals surface area (Å²) in [7, 11) is 0. The van der Waals surface area contributed by atoms with Gasteiger partial charge in [0.05, 0.1) is 10.7 Å². The molecule has 0 aliphatic carbocycles. The van der Waals surface area contributed by atoms with Gasteiger partial charge in [-0.05, 0) is 24.3 Å². The Labute approximate surface area is 161 Å². The quantitative estimate of drug-likeness (QED) is 0.418. The molecule has 2 amide bonds. The van der Waals surface area contributed by atoms with Gasteiger partial charge in [-0.2, -0.15) is 5.26 Å². The molecule has 2 N–H and O–H groups in total. The van der Waals surface area contributed by atoms with E-state index < -0.39 is 0 Å². The van der Waals surface area contributed by atoms with Gasteiger partial charge in [0.15, 0.2) is 0 Å². The summed E-state index contributed by atoms with van der Waals surface area (Å²) >= 11 is 1.48. The Hall–Kier alpha value is -2.86. The van der Waals surface area contributed by atoms with Crippen LogP contribution in [0, 0.1) is 11.3 Å². The van der Waals surface area contributed by atoms with Gasteiger partial charge < -0.3 is 10.6 Å². The first-order valence-corrected chi connectivity index (χ1v) is 9.68. The van der Waals surface area contributed by atoms with Crippen LogP contribution < -0.4 is 10.6 Å².